The molecule has 2 aromatic rings. The number of para-hydroxylation sites is 1. The average Bonchev–Trinajstić information content (AvgIpc) is 3.00. The molecule has 1 saturated heterocycles. The van der Waals surface area contributed by atoms with Crippen molar-refractivity contribution in [3.05, 3.63) is 40.4 Å². The van der Waals surface area contributed by atoms with Crippen LogP contribution in [-0.2, 0) is 21.2 Å². The summed E-state index contributed by atoms with van der Waals surface area (Å²) in [7, 11) is -1.29. The van der Waals surface area contributed by atoms with E-state index in [2.05, 4.69) is 9.97 Å². The SMILES string of the molecule is CC[C@H](C)N(C(=O)CN(C)Cc1nc2ccccc2c(=O)[nH]1)[C@H]1CCS(=O)(=O)C1. The normalized spacial score (nSPS) is 19.5. The van der Waals surface area contributed by atoms with Crippen molar-refractivity contribution in [3.8, 4) is 0 Å². The number of amides is 1. The van der Waals surface area contributed by atoms with Gasteiger partial charge < -0.3 is 9.88 Å². The van der Waals surface area contributed by atoms with Gasteiger partial charge in [-0.3, -0.25) is 14.5 Å². The molecule has 1 aromatic heterocycles. The number of rotatable bonds is 7. The molecule has 0 unspecified atom stereocenters. The molecule has 29 heavy (non-hydrogen) atoms. The van der Waals surface area contributed by atoms with E-state index in [0.29, 0.717) is 29.7 Å². The monoisotopic (exact) mass is 420 g/mol. The van der Waals surface area contributed by atoms with Crippen LogP contribution < -0.4 is 5.56 Å². The molecule has 2 heterocycles. The van der Waals surface area contributed by atoms with Crippen molar-refractivity contribution in [3.63, 3.8) is 0 Å². The van der Waals surface area contributed by atoms with Crippen molar-refractivity contribution < 1.29 is 13.2 Å². The smallest absolute Gasteiger partial charge is 0.258 e. The lowest BCUT2D eigenvalue weighted by Gasteiger charge is -2.35. The third-order valence-corrected chi connectivity index (χ3v) is 7.19. The number of carbonyl (C=O) groups is 1. The van der Waals surface area contributed by atoms with Crippen molar-refractivity contribution in [2.75, 3.05) is 25.1 Å². The van der Waals surface area contributed by atoms with Crippen LogP contribution in [0.2, 0.25) is 0 Å². The van der Waals surface area contributed by atoms with Gasteiger partial charge >= 0.3 is 0 Å². The van der Waals surface area contributed by atoms with Gasteiger partial charge in [0.05, 0.1) is 35.5 Å². The third kappa shape index (κ3) is 5.02. The predicted octanol–water partition coefficient (Wildman–Crippen LogP) is 1.17. The fourth-order valence-electron chi connectivity index (χ4n) is 3.83. The lowest BCUT2D eigenvalue weighted by Crippen LogP contribution is -2.49. The maximum Gasteiger partial charge on any atom is 0.258 e. The fraction of sp³-hybridized carbons (Fsp3) is 0.550. The van der Waals surface area contributed by atoms with Crippen LogP contribution in [0.15, 0.2) is 29.1 Å². The second-order valence-corrected chi connectivity index (χ2v) is 10.0. The van der Waals surface area contributed by atoms with Crippen LogP contribution >= 0.6 is 0 Å². The van der Waals surface area contributed by atoms with Crippen LogP contribution in [0.1, 0.15) is 32.5 Å². The molecular formula is C20H28N4O4S. The zero-order valence-electron chi connectivity index (χ0n) is 17.1. The molecule has 1 aliphatic rings. The number of sulfone groups is 1. The largest absolute Gasteiger partial charge is 0.335 e. The summed E-state index contributed by atoms with van der Waals surface area (Å²) in [5.74, 6) is 0.553. The number of nitrogens with zero attached hydrogens (tertiary/aromatic N) is 3. The van der Waals surface area contributed by atoms with Gasteiger partial charge in [0, 0.05) is 12.1 Å². The van der Waals surface area contributed by atoms with E-state index in [0.717, 1.165) is 6.42 Å². The van der Waals surface area contributed by atoms with Gasteiger partial charge in [-0.15, -0.1) is 0 Å². The summed E-state index contributed by atoms with van der Waals surface area (Å²) in [5, 5.41) is 0.528. The zero-order valence-corrected chi connectivity index (χ0v) is 17.9. The Kier molecular flexibility index (Phi) is 6.38. The van der Waals surface area contributed by atoms with Crippen molar-refractivity contribution in [1.82, 2.24) is 19.8 Å². The highest BCUT2D eigenvalue weighted by molar-refractivity contribution is 7.91. The Labute approximate surface area is 170 Å². The van der Waals surface area contributed by atoms with Gasteiger partial charge in [0.15, 0.2) is 9.84 Å². The number of carbonyl (C=O) groups excluding carboxylic acids is 1. The second kappa shape index (κ2) is 8.62. The molecule has 1 fully saturated rings. The topological polar surface area (TPSA) is 103 Å². The van der Waals surface area contributed by atoms with Gasteiger partial charge in [-0.05, 0) is 38.9 Å². The minimum Gasteiger partial charge on any atom is -0.335 e. The van der Waals surface area contributed by atoms with Crippen LogP contribution in [0.4, 0.5) is 0 Å². The Bertz CT molecular complexity index is 1050. The second-order valence-electron chi connectivity index (χ2n) is 7.82. The van der Waals surface area contributed by atoms with E-state index < -0.39 is 9.84 Å². The Morgan fingerprint density at radius 3 is 2.72 bits per heavy atom. The number of nitrogens with one attached hydrogen (secondary N) is 1. The number of aromatic nitrogens is 2. The molecule has 158 valence electrons. The number of fused-ring (bicyclic) bond motifs is 1. The first-order valence-corrected chi connectivity index (χ1v) is 11.7. The van der Waals surface area contributed by atoms with E-state index in [1.54, 1.807) is 35.0 Å². The van der Waals surface area contributed by atoms with Gasteiger partial charge in [-0.2, -0.15) is 0 Å². The summed E-state index contributed by atoms with van der Waals surface area (Å²) < 4.78 is 23.8. The Hall–Kier alpha value is -2.26. The maximum absolute atomic E-state index is 13.0. The van der Waals surface area contributed by atoms with Gasteiger partial charge in [-0.25, -0.2) is 13.4 Å². The summed E-state index contributed by atoms with van der Waals surface area (Å²) in [6, 6.07) is 6.81. The molecular weight excluding hydrogens is 392 g/mol. The Morgan fingerprint density at radius 2 is 2.07 bits per heavy atom. The van der Waals surface area contributed by atoms with Crippen molar-refractivity contribution in [2.45, 2.75) is 45.3 Å². The third-order valence-electron chi connectivity index (χ3n) is 5.44. The van der Waals surface area contributed by atoms with Gasteiger partial charge in [0.2, 0.25) is 5.91 Å². The quantitative estimate of drug-likeness (QED) is 0.721. The minimum atomic E-state index is -3.08. The van der Waals surface area contributed by atoms with E-state index in [4.69, 9.17) is 0 Å². The van der Waals surface area contributed by atoms with Gasteiger partial charge in [-0.1, -0.05) is 19.1 Å². The molecule has 3 rings (SSSR count). The highest BCUT2D eigenvalue weighted by atomic mass is 32.2. The Balaban J connectivity index is 1.72. The summed E-state index contributed by atoms with van der Waals surface area (Å²) >= 11 is 0. The average molecular weight is 421 g/mol. The van der Waals surface area contributed by atoms with Crippen molar-refractivity contribution >= 4 is 26.6 Å². The lowest BCUT2D eigenvalue weighted by atomic mass is 10.1. The molecule has 9 heteroatoms. The summed E-state index contributed by atoms with van der Waals surface area (Å²) in [5.41, 5.74) is 0.408. The molecule has 0 bridgehead atoms. The number of benzene rings is 1. The maximum atomic E-state index is 13.0. The molecule has 0 radical (unpaired) electrons. The number of aromatic amines is 1. The van der Waals surface area contributed by atoms with Crippen molar-refractivity contribution in [2.24, 2.45) is 0 Å². The first kappa shape index (κ1) is 21.4. The molecule has 0 spiro atoms. The van der Waals surface area contributed by atoms with E-state index >= 15 is 0 Å². The summed E-state index contributed by atoms with van der Waals surface area (Å²) in [6.45, 7) is 4.37. The molecule has 1 amide bonds. The highest BCUT2D eigenvalue weighted by Crippen LogP contribution is 2.21. The molecule has 8 nitrogen and oxygen atoms in total. The fourth-order valence-corrected chi connectivity index (χ4v) is 5.55. The van der Waals surface area contributed by atoms with Crippen molar-refractivity contribution in [1.29, 1.82) is 0 Å². The van der Waals surface area contributed by atoms with Crippen LogP contribution in [0.5, 0.6) is 0 Å². The molecule has 0 aliphatic carbocycles. The number of hydrogen-bond acceptors (Lipinski definition) is 6. The molecule has 0 saturated carbocycles. The van der Waals surface area contributed by atoms with Crippen LogP contribution in [0.25, 0.3) is 10.9 Å². The number of H-pyrrole nitrogens is 1. The Morgan fingerprint density at radius 1 is 1.34 bits per heavy atom. The number of likely N-dealkylation sites (N-methyl/N-ethyl adjacent to an activating group) is 1. The molecule has 1 aromatic carbocycles. The highest BCUT2D eigenvalue weighted by Gasteiger charge is 2.36. The zero-order chi connectivity index (χ0) is 21.2. The van der Waals surface area contributed by atoms with E-state index in [1.807, 2.05) is 19.9 Å². The molecule has 1 N–H and O–H groups in total. The summed E-state index contributed by atoms with van der Waals surface area (Å²) in [4.78, 5) is 36.0. The van der Waals surface area contributed by atoms with Gasteiger partial charge in [0.25, 0.3) is 5.56 Å². The molecule has 2 atom stereocenters. The molecule has 1 aliphatic heterocycles. The van der Waals surface area contributed by atoms with E-state index in [9.17, 15) is 18.0 Å². The predicted molar refractivity (Wildman–Crippen MR) is 112 cm³/mol. The van der Waals surface area contributed by atoms with E-state index in [1.165, 1.54) is 0 Å². The standard InChI is InChI=1S/C20H28N4O4S/c1-4-14(2)24(15-9-10-29(27,28)13-15)19(25)12-23(3)11-18-21-17-8-6-5-7-16(17)20(26)22-18/h5-8,14-15H,4,9-13H2,1-3H3,(H,21,22,26)/t14-,15-/m0/s1. The van der Waals surface area contributed by atoms with Gasteiger partial charge in [0.1, 0.15) is 5.82 Å². The number of hydrogen-bond donors (Lipinski definition) is 1. The van der Waals surface area contributed by atoms with E-state index in [-0.39, 0.29) is 41.6 Å². The van der Waals surface area contributed by atoms with Crippen LogP contribution in [0.3, 0.4) is 0 Å². The van der Waals surface area contributed by atoms with Crippen LogP contribution in [-0.4, -0.2) is 71.3 Å². The van der Waals surface area contributed by atoms with Crippen LogP contribution in [0, 0.1) is 0 Å². The first-order valence-electron chi connectivity index (χ1n) is 9.88. The first-order chi connectivity index (χ1) is 13.7. The minimum absolute atomic E-state index is 0.0341. The summed E-state index contributed by atoms with van der Waals surface area (Å²) in [6.07, 6.45) is 1.24. The lowest BCUT2D eigenvalue weighted by molar-refractivity contribution is -0.136.